The summed E-state index contributed by atoms with van der Waals surface area (Å²) < 4.78 is 11.1. The Morgan fingerprint density at radius 2 is 1.81 bits per heavy atom. The molecule has 42 heavy (non-hydrogen) atoms. The molecular weight excluding hydrogens is 524 g/mol. The van der Waals surface area contributed by atoms with E-state index in [0.717, 1.165) is 31.1 Å². The lowest BCUT2D eigenvalue weighted by molar-refractivity contribution is -0.135. The van der Waals surface area contributed by atoms with E-state index in [0.29, 0.717) is 41.4 Å². The molecule has 5 rings (SSSR count). The number of hydrogen-bond acceptors (Lipinski definition) is 5. The summed E-state index contributed by atoms with van der Waals surface area (Å²) in [6, 6.07) is 4.52. The number of carbonyl (C=O) groups excluding carboxylic acids is 2. The van der Waals surface area contributed by atoms with Crippen LogP contribution >= 0.6 is 0 Å². The Balaban J connectivity index is 1.28. The summed E-state index contributed by atoms with van der Waals surface area (Å²) in [5.74, 6) is 4.16. The molecule has 0 saturated heterocycles. The third kappa shape index (κ3) is 5.43. The topological polar surface area (TPSA) is 72.8 Å². The van der Waals surface area contributed by atoms with Gasteiger partial charge in [0.05, 0.1) is 12.7 Å². The summed E-state index contributed by atoms with van der Waals surface area (Å²) in [5, 5.41) is 9.88. The SMILES string of the molecule is CC[C@H](CC[C@@H](C)[C@H]1CC[C@H]2[C@@H]3C(=O)C=C4CC(OC(=O)c5ccc(O)c(OC)c5)CC[C@]4(C)[C@H]3CC[C@]12C)C(C)C. The maximum absolute atomic E-state index is 13.9. The molecule has 3 fully saturated rings. The van der Waals surface area contributed by atoms with Crippen LogP contribution in [-0.4, -0.2) is 30.1 Å². The fourth-order valence-electron chi connectivity index (χ4n) is 10.2. The molecule has 1 unspecified atom stereocenters. The zero-order valence-electron chi connectivity index (χ0n) is 27.1. The van der Waals surface area contributed by atoms with Crippen LogP contribution in [0.15, 0.2) is 29.8 Å². The second kappa shape index (κ2) is 12.0. The molecule has 9 atom stereocenters. The molecule has 0 aromatic heterocycles. The molecule has 0 bridgehead atoms. The number of allylic oxidation sites excluding steroid dienone is 1. The Morgan fingerprint density at radius 3 is 2.50 bits per heavy atom. The fourth-order valence-corrected chi connectivity index (χ4v) is 10.2. The van der Waals surface area contributed by atoms with E-state index in [9.17, 15) is 14.7 Å². The van der Waals surface area contributed by atoms with E-state index in [1.54, 1.807) is 6.07 Å². The largest absolute Gasteiger partial charge is 0.504 e. The van der Waals surface area contributed by atoms with Gasteiger partial charge in [0.2, 0.25) is 0 Å². The minimum Gasteiger partial charge on any atom is -0.504 e. The predicted octanol–water partition coefficient (Wildman–Crippen LogP) is 8.78. The zero-order valence-corrected chi connectivity index (χ0v) is 27.1. The van der Waals surface area contributed by atoms with Gasteiger partial charge in [0.25, 0.3) is 0 Å². The third-order valence-corrected chi connectivity index (χ3v) is 12.8. The van der Waals surface area contributed by atoms with Crippen molar-refractivity contribution in [3.63, 3.8) is 0 Å². The molecule has 5 nitrogen and oxygen atoms in total. The van der Waals surface area contributed by atoms with Gasteiger partial charge in [-0.3, -0.25) is 4.79 Å². The zero-order chi connectivity index (χ0) is 30.4. The van der Waals surface area contributed by atoms with E-state index in [4.69, 9.17) is 9.47 Å². The summed E-state index contributed by atoms with van der Waals surface area (Å²) in [6.07, 6.45) is 12.8. The lowest BCUT2D eigenvalue weighted by atomic mass is 9.46. The van der Waals surface area contributed by atoms with Crippen LogP contribution in [0.4, 0.5) is 0 Å². The minimum absolute atomic E-state index is 0.000114. The Labute approximate surface area is 253 Å². The van der Waals surface area contributed by atoms with E-state index in [1.807, 2.05) is 6.08 Å². The van der Waals surface area contributed by atoms with E-state index >= 15 is 0 Å². The summed E-state index contributed by atoms with van der Waals surface area (Å²) in [6.45, 7) is 14.5. The molecule has 5 heteroatoms. The van der Waals surface area contributed by atoms with E-state index < -0.39 is 5.97 Å². The standard InChI is InChI=1S/C37H54O5/c1-8-24(22(2)3)10-9-23(4)28-12-13-29-34-30(16-18-37(28,29)6)36(5)17-15-27(20-26(36)21-32(34)39)42-35(40)25-11-14-31(38)33(19-25)41-7/h11,14,19,21-24,27-30,34,38H,8-10,12-13,15-18,20H2,1-7H3/t23-,24-,27?,28-,29+,30+,34+,36+,37-/m1/s1. The number of rotatable bonds is 9. The molecule has 1 N–H and O–H groups in total. The van der Waals surface area contributed by atoms with Crippen molar-refractivity contribution in [2.75, 3.05) is 7.11 Å². The van der Waals surface area contributed by atoms with Gasteiger partial charge in [0.1, 0.15) is 6.10 Å². The summed E-state index contributed by atoms with van der Waals surface area (Å²) in [4.78, 5) is 26.9. The maximum atomic E-state index is 13.9. The number of ketones is 1. The Morgan fingerprint density at radius 1 is 1.05 bits per heavy atom. The van der Waals surface area contributed by atoms with Crippen LogP contribution in [0.1, 0.15) is 116 Å². The number of phenolic OH excluding ortho intramolecular Hbond substituents is 1. The molecule has 1 aromatic rings. The van der Waals surface area contributed by atoms with Crippen LogP contribution in [0.25, 0.3) is 0 Å². The Kier molecular flexibility index (Phi) is 8.90. The van der Waals surface area contributed by atoms with Crippen molar-refractivity contribution < 1.29 is 24.2 Å². The second-order valence-corrected chi connectivity index (χ2v) is 15.1. The number of benzene rings is 1. The first-order valence-corrected chi connectivity index (χ1v) is 16.8. The average Bonchev–Trinajstić information content (AvgIpc) is 3.31. The number of carbonyl (C=O) groups is 2. The molecule has 0 aliphatic heterocycles. The average molecular weight is 579 g/mol. The molecule has 0 spiro atoms. The van der Waals surface area contributed by atoms with Crippen molar-refractivity contribution in [1.29, 1.82) is 0 Å². The first-order chi connectivity index (χ1) is 19.9. The number of phenols is 1. The van der Waals surface area contributed by atoms with Gasteiger partial charge in [-0.1, -0.05) is 60.0 Å². The maximum Gasteiger partial charge on any atom is 0.338 e. The van der Waals surface area contributed by atoms with E-state index in [-0.39, 0.29) is 34.4 Å². The Bertz CT molecular complexity index is 1200. The molecule has 3 saturated carbocycles. The van der Waals surface area contributed by atoms with Crippen molar-refractivity contribution >= 4 is 11.8 Å². The van der Waals surface area contributed by atoms with Gasteiger partial charge in [-0.05, 0) is 116 Å². The van der Waals surface area contributed by atoms with Crippen molar-refractivity contribution in [3.8, 4) is 11.5 Å². The third-order valence-electron chi connectivity index (χ3n) is 12.8. The highest BCUT2D eigenvalue weighted by Crippen LogP contribution is 2.66. The smallest absolute Gasteiger partial charge is 0.338 e. The van der Waals surface area contributed by atoms with Gasteiger partial charge in [-0.15, -0.1) is 0 Å². The van der Waals surface area contributed by atoms with E-state index in [2.05, 4.69) is 41.5 Å². The van der Waals surface area contributed by atoms with Crippen molar-refractivity contribution in [2.45, 2.75) is 112 Å². The highest BCUT2D eigenvalue weighted by Gasteiger charge is 2.61. The highest BCUT2D eigenvalue weighted by atomic mass is 16.5. The molecule has 0 amide bonds. The monoisotopic (exact) mass is 578 g/mol. The summed E-state index contributed by atoms with van der Waals surface area (Å²) in [5.41, 5.74) is 1.81. The van der Waals surface area contributed by atoms with Gasteiger partial charge in [0, 0.05) is 12.3 Å². The normalized spacial score (nSPS) is 35.5. The van der Waals surface area contributed by atoms with Crippen LogP contribution < -0.4 is 4.74 Å². The molecule has 4 aliphatic carbocycles. The molecule has 0 heterocycles. The van der Waals surface area contributed by atoms with Crippen LogP contribution in [-0.2, 0) is 9.53 Å². The van der Waals surface area contributed by atoms with Crippen LogP contribution in [0, 0.1) is 52.3 Å². The number of methoxy groups -OCH3 is 1. The number of hydrogen-bond donors (Lipinski definition) is 1. The lowest BCUT2D eigenvalue weighted by Gasteiger charge is -2.57. The van der Waals surface area contributed by atoms with Crippen LogP contribution in [0.5, 0.6) is 11.5 Å². The minimum atomic E-state index is -0.416. The van der Waals surface area contributed by atoms with Crippen molar-refractivity contribution in [2.24, 2.45) is 52.3 Å². The molecule has 232 valence electrons. The first-order valence-electron chi connectivity index (χ1n) is 16.8. The molecule has 1 aromatic carbocycles. The molecule has 4 aliphatic rings. The lowest BCUT2D eigenvalue weighted by Crippen LogP contribution is -2.53. The van der Waals surface area contributed by atoms with Gasteiger partial charge >= 0.3 is 5.97 Å². The van der Waals surface area contributed by atoms with Gasteiger partial charge < -0.3 is 14.6 Å². The van der Waals surface area contributed by atoms with Crippen molar-refractivity contribution in [3.05, 3.63) is 35.4 Å². The molecular formula is C37H54O5. The molecule has 0 radical (unpaired) electrons. The van der Waals surface area contributed by atoms with Crippen LogP contribution in [0.3, 0.4) is 0 Å². The van der Waals surface area contributed by atoms with Gasteiger partial charge in [0.15, 0.2) is 17.3 Å². The number of esters is 1. The van der Waals surface area contributed by atoms with Crippen molar-refractivity contribution in [1.82, 2.24) is 0 Å². The summed E-state index contributed by atoms with van der Waals surface area (Å²) >= 11 is 0. The van der Waals surface area contributed by atoms with Gasteiger partial charge in [-0.2, -0.15) is 0 Å². The quantitative estimate of drug-likeness (QED) is 0.297. The van der Waals surface area contributed by atoms with Crippen LogP contribution in [0.2, 0.25) is 0 Å². The predicted molar refractivity (Wildman–Crippen MR) is 166 cm³/mol. The fraction of sp³-hybridized carbons (Fsp3) is 0.730. The van der Waals surface area contributed by atoms with Gasteiger partial charge in [-0.25, -0.2) is 4.79 Å². The first kappa shape index (κ1) is 31.1. The van der Waals surface area contributed by atoms with E-state index in [1.165, 1.54) is 63.3 Å². The number of aromatic hydroxyl groups is 1. The number of ether oxygens (including phenoxy) is 2. The second-order valence-electron chi connectivity index (χ2n) is 15.1. The highest BCUT2D eigenvalue weighted by molar-refractivity contribution is 5.95. The number of fused-ring (bicyclic) bond motifs is 5. The summed E-state index contributed by atoms with van der Waals surface area (Å²) in [7, 11) is 1.46. The Hall–Kier alpha value is -2.30.